The van der Waals surface area contributed by atoms with Gasteiger partial charge in [-0.05, 0) is 25.1 Å². The Balaban J connectivity index is 2.49. The minimum absolute atomic E-state index is 0.112. The topological polar surface area (TPSA) is 12.9 Å². The van der Waals surface area contributed by atoms with Gasteiger partial charge in [0.2, 0.25) is 0 Å². The van der Waals surface area contributed by atoms with Gasteiger partial charge in [-0.1, -0.05) is 11.6 Å². The van der Waals surface area contributed by atoms with Gasteiger partial charge in [0.25, 0.3) is 0 Å². The first-order chi connectivity index (χ1) is 7.08. The average molecular weight is 260 g/mol. The summed E-state index contributed by atoms with van der Waals surface area (Å²) in [4.78, 5) is 4.31. The molecule has 1 heterocycles. The fraction of sp³-hybridized carbons (Fsp3) is 0.100. The molecule has 5 heteroatoms. The van der Waals surface area contributed by atoms with Crippen LogP contribution in [0.4, 0.5) is 4.39 Å². The van der Waals surface area contributed by atoms with E-state index in [1.54, 1.807) is 12.1 Å². The van der Waals surface area contributed by atoms with E-state index in [2.05, 4.69) is 17.6 Å². The maximum Gasteiger partial charge on any atom is 0.141 e. The molecule has 0 aliphatic heterocycles. The summed E-state index contributed by atoms with van der Waals surface area (Å²) in [5.74, 6) is -0.417. The second-order valence-corrected chi connectivity index (χ2v) is 5.19. The minimum atomic E-state index is -0.417. The van der Waals surface area contributed by atoms with Crippen molar-refractivity contribution in [1.29, 1.82) is 0 Å². The number of aromatic nitrogens is 1. The van der Waals surface area contributed by atoms with Crippen molar-refractivity contribution in [3.63, 3.8) is 0 Å². The molecule has 2 aromatic rings. The molecular weight excluding hydrogens is 253 g/mol. The zero-order valence-corrected chi connectivity index (χ0v) is 10.3. The van der Waals surface area contributed by atoms with Crippen LogP contribution in [0, 0.1) is 12.7 Å². The number of thiol groups is 1. The highest BCUT2D eigenvalue weighted by molar-refractivity contribution is 7.83. The molecule has 0 aliphatic rings. The molecule has 1 nitrogen and oxygen atoms in total. The molecule has 0 aliphatic carbocycles. The SMILES string of the molecule is Cc1nc(-c2ccc(F)c(Cl)c2)sc1S. The Morgan fingerprint density at radius 2 is 2.20 bits per heavy atom. The molecule has 1 aromatic heterocycles. The van der Waals surface area contributed by atoms with Gasteiger partial charge in [0.15, 0.2) is 0 Å². The van der Waals surface area contributed by atoms with Gasteiger partial charge in [-0.3, -0.25) is 0 Å². The highest BCUT2D eigenvalue weighted by Crippen LogP contribution is 2.31. The van der Waals surface area contributed by atoms with Gasteiger partial charge < -0.3 is 0 Å². The molecule has 0 unspecified atom stereocenters. The van der Waals surface area contributed by atoms with Crippen LogP contribution in [-0.4, -0.2) is 4.98 Å². The molecule has 2 rings (SSSR count). The highest BCUT2D eigenvalue weighted by Gasteiger charge is 2.08. The van der Waals surface area contributed by atoms with Gasteiger partial charge in [0.1, 0.15) is 10.8 Å². The Labute approximate surface area is 101 Å². The Bertz CT molecular complexity index is 491. The summed E-state index contributed by atoms with van der Waals surface area (Å²) in [5.41, 5.74) is 1.69. The van der Waals surface area contributed by atoms with Crippen LogP contribution in [0.5, 0.6) is 0 Å². The molecule has 15 heavy (non-hydrogen) atoms. The van der Waals surface area contributed by atoms with E-state index in [0.717, 1.165) is 20.5 Å². The maximum absolute atomic E-state index is 12.9. The molecule has 0 saturated carbocycles. The van der Waals surface area contributed by atoms with Gasteiger partial charge in [-0.25, -0.2) is 9.37 Å². The van der Waals surface area contributed by atoms with Crippen LogP contribution < -0.4 is 0 Å². The van der Waals surface area contributed by atoms with Crippen molar-refractivity contribution in [3.05, 3.63) is 34.7 Å². The van der Waals surface area contributed by atoms with E-state index in [1.165, 1.54) is 17.4 Å². The minimum Gasteiger partial charge on any atom is -0.240 e. The maximum atomic E-state index is 12.9. The van der Waals surface area contributed by atoms with Gasteiger partial charge >= 0.3 is 0 Å². The second-order valence-electron chi connectivity index (χ2n) is 3.04. The Morgan fingerprint density at radius 1 is 1.47 bits per heavy atom. The van der Waals surface area contributed by atoms with E-state index in [0.29, 0.717) is 0 Å². The van der Waals surface area contributed by atoms with E-state index in [9.17, 15) is 4.39 Å². The van der Waals surface area contributed by atoms with Crippen molar-refractivity contribution < 1.29 is 4.39 Å². The van der Waals surface area contributed by atoms with E-state index in [4.69, 9.17) is 11.6 Å². The van der Waals surface area contributed by atoms with E-state index in [-0.39, 0.29) is 5.02 Å². The van der Waals surface area contributed by atoms with Crippen molar-refractivity contribution in [3.8, 4) is 10.6 Å². The fourth-order valence-corrected chi connectivity index (χ4v) is 2.43. The van der Waals surface area contributed by atoms with E-state index in [1.807, 2.05) is 6.92 Å². The van der Waals surface area contributed by atoms with Crippen molar-refractivity contribution in [2.45, 2.75) is 11.1 Å². The molecule has 0 radical (unpaired) electrons. The lowest BCUT2D eigenvalue weighted by molar-refractivity contribution is 0.628. The van der Waals surface area contributed by atoms with Gasteiger partial charge in [-0.2, -0.15) is 0 Å². The monoisotopic (exact) mass is 259 g/mol. The number of nitrogens with zero attached hydrogens (tertiary/aromatic N) is 1. The summed E-state index contributed by atoms with van der Waals surface area (Å²) in [6.07, 6.45) is 0. The number of rotatable bonds is 1. The molecular formula is C10H7ClFNS2. The third-order valence-electron chi connectivity index (χ3n) is 1.94. The lowest BCUT2D eigenvalue weighted by atomic mass is 10.2. The summed E-state index contributed by atoms with van der Waals surface area (Å²) in [7, 11) is 0. The summed E-state index contributed by atoms with van der Waals surface area (Å²) >= 11 is 11.4. The van der Waals surface area contributed by atoms with Gasteiger partial charge in [-0.15, -0.1) is 24.0 Å². The van der Waals surface area contributed by atoms with E-state index >= 15 is 0 Å². The predicted molar refractivity (Wildman–Crippen MR) is 64.5 cm³/mol. The number of aryl methyl sites for hydroxylation is 1. The summed E-state index contributed by atoms with van der Waals surface area (Å²) < 4.78 is 13.8. The zero-order chi connectivity index (χ0) is 11.0. The highest BCUT2D eigenvalue weighted by atomic mass is 35.5. The number of hydrogen-bond donors (Lipinski definition) is 1. The molecule has 1 aromatic carbocycles. The number of halogens is 2. The molecule has 0 saturated heterocycles. The summed E-state index contributed by atoms with van der Waals surface area (Å²) in [6, 6.07) is 4.57. The quantitative estimate of drug-likeness (QED) is 0.758. The molecule has 78 valence electrons. The first kappa shape index (κ1) is 10.9. The smallest absolute Gasteiger partial charge is 0.141 e. The largest absolute Gasteiger partial charge is 0.240 e. The number of hydrogen-bond acceptors (Lipinski definition) is 3. The van der Waals surface area contributed by atoms with Gasteiger partial charge in [0, 0.05) is 5.56 Å². The Morgan fingerprint density at radius 3 is 2.73 bits per heavy atom. The zero-order valence-electron chi connectivity index (χ0n) is 7.79. The third kappa shape index (κ3) is 2.17. The molecule has 0 N–H and O–H groups in total. The second kappa shape index (κ2) is 4.12. The molecule has 0 atom stereocenters. The third-order valence-corrected chi connectivity index (χ3v) is 3.83. The van der Waals surface area contributed by atoms with Crippen LogP contribution in [0.1, 0.15) is 5.69 Å². The van der Waals surface area contributed by atoms with Crippen LogP contribution in [0.3, 0.4) is 0 Å². The normalized spacial score (nSPS) is 10.7. The van der Waals surface area contributed by atoms with Crippen LogP contribution in [0.2, 0.25) is 5.02 Å². The van der Waals surface area contributed by atoms with Crippen LogP contribution >= 0.6 is 35.6 Å². The molecule has 0 amide bonds. The number of thiazole rings is 1. The van der Waals surface area contributed by atoms with Crippen LogP contribution in [0.25, 0.3) is 10.6 Å². The first-order valence-corrected chi connectivity index (χ1v) is 5.84. The molecule has 0 bridgehead atoms. The van der Waals surface area contributed by atoms with Crippen LogP contribution in [0.15, 0.2) is 22.4 Å². The van der Waals surface area contributed by atoms with Crippen LogP contribution in [-0.2, 0) is 0 Å². The first-order valence-electron chi connectivity index (χ1n) is 4.20. The summed E-state index contributed by atoms with van der Waals surface area (Å²) in [5, 5.41) is 0.917. The fourth-order valence-electron chi connectivity index (χ4n) is 1.14. The van der Waals surface area contributed by atoms with Crippen molar-refractivity contribution in [2.24, 2.45) is 0 Å². The Hall–Kier alpha value is -0.580. The lowest BCUT2D eigenvalue weighted by Gasteiger charge is -1.97. The summed E-state index contributed by atoms with van der Waals surface area (Å²) in [6.45, 7) is 1.88. The van der Waals surface area contributed by atoms with Crippen molar-refractivity contribution >= 4 is 35.6 Å². The van der Waals surface area contributed by atoms with Crippen molar-refractivity contribution in [1.82, 2.24) is 4.98 Å². The van der Waals surface area contributed by atoms with E-state index < -0.39 is 5.82 Å². The number of benzene rings is 1. The predicted octanol–water partition coefficient (Wildman–Crippen LogP) is 4.20. The molecule has 0 spiro atoms. The van der Waals surface area contributed by atoms with Gasteiger partial charge in [0.05, 0.1) is 14.9 Å². The Kier molecular flexibility index (Phi) is 3.00. The standard InChI is InChI=1S/C10H7ClFNS2/c1-5-10(14)15-9(13-5)6-2-3-8(12)7(11)4-6/h2-4,14H,1H3. The average Bonchev–Trinajstić information content (AvgIpc) is 2.52. The molecule has 0 fully saturated rings. The lowest BCUT2D eigenvalue weighted by Crippen LogP contribution is -1.80. The van der Waals surface area contributed by atoms with Crippen molar-refractivity contribution in [2.75, 3.05) is 0 Å².